The molecule has 3 N–H and O–H groups in total. The molecule has 0 aliphatic rings. The molecule has 1 aromatic carbocycles. The summed E-state index contributed by atoms with van der Waals surface area (Å²) in [5, 5.41) is 3.27. The third-order valence-electron chi connectivity index (χ3n) is 2.41. The fourth-order valence-corrected chi connectivity index (χ4v) is 1.63. The van der Waals surface area contributed by atoms with Crippen molar-refractivity contribution in [2.75, 3.05) is 20.8 Å². The Hall–Kier alpha value is -1.26. The first-order valence-electron chi connectivity index (χ1n) is 5.41. The van der Waals surface area contributed by atoms with Gasteiger partial charge in [-0.05, 0) is 24.2 Å². The maximum absolute atomic E-state index is 5.69. The summed E-state index contributed by atoms with van der Waals surface area (Å²) in [6.45, 7) is 4.26. The Bertz CT molecular complexity index is 315. The van der Waals surface area contributed by atoms with Crippen molar-refractivity contribution in [3.05, 3.63) is 23.3 Å². The molecule has 0 aliphatic carbocycles. The van der Waals surface area contributed by atoms with E-state index in [0.717, 1.165) is 35.7 Å². The van der Waals surface area contributed by atoms with Crippen LogP contribution in [0, 0.1) is 0 Å². The normalized spacial score (nSPS) is 10.2. The molecule has 0 aliphatic heterocycles. The van der Waals surface area contributed by atoms with Gasteiger partial charge >= 0.3 is 0 Å². The second-order valence-electron chi connectivity index (χ2n) is 3.47. The van der Waals surface area contributed by atoms with E-state index in [-0.39, 0.29) is 0 Å². The van der Waals surface area contributed by atoms with E-state index in [0.29, 0.717) is 6.54 Å². The summed E-state index contributed by atoms with van der Waals surface area (Å²) in [7, 11) is 3.26. The van der Waals surface area contributed by atoms with Crippen molar-refractivity contribution >= 4 is 0 Å². The molecule has 1 rings (SSSR count). The van der Waals surface area contributed by atoms with Crippen molar-refractivity contribution < 1.29 is 9.47 Å². The number of nitrogens with one attached hydrogen (secondary N) is 1. The van der Waals surface area contributed by atoms with Crippen LogP contribution in [0.2, 0.25) is 0 Å². The largest absolute Gasteiger partial charge is 0.493 e. The first-order valence-corrected chi connectivity index (χ1v) is 5.41. The third kappa shape index (κ3) is 2.87. The van der Waals surface area contributed by atoms with E-state index in [1.807, 2.05) is 12.1 Å². The molecule has 0 saturated carbocycles. The summed E-state index contributed by atoms with van der Waals surface area (Å²) < 4.78 is 10.6. The van der Waals surface area contributed by atoms with Gasteiger partial charge in [0.2, 0.25) is 0 Å². The minimum Gasteiger partial charge on any atom is -0.493 e. The summed E-state index contributed by atoms with van der Waals surface area (Å²) in [4.78, 5) is 0. The minimum atomic E-state index is 0.444. The third-order valence-corrected chi connectivity index (χ3v) is 2.41. The molecule has 0 radical (unpaired) electrons. The number of methoxy groups -OCH3 is 2. The average molecular weight is 224 g/mol. The van der Waals surface area contributed by atoms with Gasteiger partial charge in [0.05, 0.1) is 14.2 Å². The van der Waals surface area contributed by atoms with E-state index in [1.165, 1.54) is 0 Å². The van der Waals surface area contributed by atoms with Crippen LogP contribution < -0.4 is 20.5 Å². The molecule has 90 valence electrons. The van der Waals surface area contributed by atoms with Gasteiger partial charge in [-0.1, -0.05) is 6.92 Å². The molecule has 0 spiro atoms. The van der Waals surface area contributed by atoms with Crippen LogP contribution in [0.15, 0.2) is 12.1 Å². The van der Waals surface area contributed by atoms with Crippen LogP contribution in [0.3, 0.4) is 0 Å². The second-order valence-corrected chi connectivity index (χ2v) is 3.47. The summed E-state index contributed by atoms with van der Waals surface area (Å²) in [5.41, 5.74) is 7.81. The van der Waals surface area contributed by atoms with E-state index >= 15 is 0 Å². The molecular formula is C12H20N2O2. The van der Waals surface area contributed by atoms with E-state index < -0.39 is 0 Å². The molecule has 4 heteroatoms. The minimum absolute atomic E-state index is 0.444. The Morgan fingerprint density at radius 3 is 2.50 bits per heavy atom. The Morgan fingerprint density at radius 2 is 2.00 bits per heavy atom. The lowest BCUT2D eigenvalue weighted by Gasteiger charge is -2.14. The van der Waals surface area contributed by atoms with Gasteiger partial charge in [-0.3, -0.25) is 0 Å². The van der Waals surface area contributed by atoms with Gasteiger partial charge in [0.1, 0.15) is 0 Å². The van der Waals surface area contributed by atoms with Gasteiger partial charge in [0.25, 0.3) is 0 Å². The molecule has 0 fully saturated rings. The Kier molecular flexibility index (Phi) is 5.08. The van der Waals surface area contributed by atoms with Crippen molar-refractivity contribution in [3.63, 3.8) is 0 Å². The van der Waals surface area contributed by atoms with Crippen molar-refractivity contribution in [1.29, 1.82) is 0 Å². The number of hydrogen-bond donors (Lipinski definition) is 2. The molecule has 16 heavy (non-hydrogen) atoms. The lowest BCUT2D eigenvalue weighted by atomic mass is 10.1. The van der Waals surface area contributed by atoms with E-state index in [2.05, 4.69) is 12.2 Å². The zero-order valence-electron chi connectivity index (χ0n) is 10.2. The van der Waals surface area contributed by atoms with Crippen molar-refractivity contribution in [3.8, 4) is 11.5 Å². The lowest BCUT2D eigenvalue weighted by Crippen LogP contribution is -2.13. The van der Waals surface area contributed by atoms with Gasteiger partial charge in [-0.2, -0.15) is 0 Å². The number of hydrogen-bond acceptors (Lipinski definition) is 4. The molecule has 0 saturated heterocycles. The zero-order chi connectivity index (χ0) is 12.0. The monoisotopic (exact) mass is 224 g/mol. The fraction of sp³-hybridized carbons (Fsp3) is 0.500. The molecule has 0 amide bonds. The van der Waals surface area contributed by atoms with Crippen LogP contribution in [0.1, 0.15) is 18.1 Å². The highest BCUT2D eigenvalue weighted by atomic mass is 16.5. The number of rotatable bonds is 6. The topological polar surface area (TPSA) is 56.5 Å². The highest BCUT2D eigenvalue weighted by molar-refractivity contribution is 5.49. The second kappa shape index (κ2) is 6.35. The number of benzene rings is 1. The van der Waals surface area contributed by atoms with Crippen LogP contribution >= 0.6 is 0 Å². The molecule has 0 atom stereocenters. The van der Waals surface area contributed by atoms with Gasteiger partial charge in [-0.15, -0.1) is 0 Å². The molecule has 0 heterocycles. The summed E-state index contributed by atoms with van der Waals surface area (Å²) in [6.07, 6.45) is 0. The molecular weight excluding hydrogens is 204 g/mol. The predicted molar refractivity (Wildman–Crippen MR) is 64.8 cm³/mol. The van der Waals surface area contributed by atoms with E-state index in [4.69, 9.17) is 15.2 Å². The van der Waals surface area contributed by atoms with Crippen LogP contribution in [0.4, 0.5) is 0 Å². The smallest absolute Gasteiger partial charge is 0.165 e. The van der Waals surface area contributed by atoms with Crippen molar-refractivity contribution in [1.82, 2.24) is 5.32 Å². The van der Waals surface area contributed by atoms with E-state index in [1.54, 1.807) is 14.2 Å². The quantitative estimate of drug-likeness (QED) is 0.764. The molecule has 0 bridgehead atoms. The van der Waals surface area contributed by atoms with Gasteiger partial charge in [-0.25, -0.2) is 0 Å². The molecule has 0 unspecified atom stereocenters. The van der Waals surface area contributed by atoms with Crippen LogP contribution in [0.5, 0.6) is 11.5 Å². The maximum atomic E-state index is 5.69. The van der Waals surface area contributed by atoms with Crippen molar-refractivity contribution in [2.45, 2.75) is 20.0 Å². The first kappa shape index (κ1) is 12.8. The SMILES string of the molecule is CCNCc1cc(CN)c(OC)c(OC)c1. The van der Waals surface area contributed by atoms with Gasteiger partial charge in [0.15, 0.2) is 11.5 Å². The standard InChI is InChI=1S/C12H20N2O2/c1-4-14-8-9-5-10(7-13)12(16-3)11(6-9)15-2/h5-6,14H,4,7-8,13H2,1-3H3. The molecule has 0 aromatic heterocycles. The van der Waals surface area contributed by atoms with Crippen LogP contribution in [0.25, 0.3) is 0 Å². The maximum Gasteiger partial charge on any atom is 0.165 e. The highest BCUT2D eigenvalue weighted by Gasteiger charge is 2.10. The number of nitrogens with two attached hydrogens (primary N) is 1. The highest BCUT2D eigenvalue weighted by Crippen LogP contribution is 2.32. The average Bonchev–Trinajstić information content (AvgIpc) is 2.34. The molecule has 4 nitrogen and oxygen atoms in total. The Balaban J connectivity index is 3.05. The van der Waals surface area contributed by atoms with Crippen LogP contribution in [-0.2, 0) is 13.1 Å². The molecule has 1 aromatic rings. The lowest BCUT2D eigenvalue weighted by molar-refractivity contribution is 0.351. The fourth-order valence-electron chi connectivity index (χ4n) is 1.63. The van der Waals surface area contributed by atoms with Crippen LogP contribution in [-0.4, -0.2) is 20.8 Å². The Labute approximate surface area is 96.7 Å². The summed E-state index contributed by atoms with van der Waals surface area (Å²) >= 11 is 0. The summed E-state index contributed by atoms with van der Waals surface area (Å²) in [6, 6.07) is 4.02. The predicted octanol–water partition coefficient (Wildman–Crippen LogP) is 1.27. The van der Waals surface area contributed by atoms with E-state index in [9.17, 15) is 0 Å². The Morgan fingerprint density at radius 1 is 1.25 bits per heavy atom. The summed E-state index contributed by atoms with van der Waals surface area (Å²) in [5.74, 6) is 1.46. The first-order chi connectivity index (χ1) is 7.76. The zero-order valence-corrected chi connectivity index (χ0v) is 10.2. The van der Waals surface area contributed by atoms with Crippen molar-refractivity contribution in [2.24, 2.45) is 5.73 Å². The van der Waals surface area contributed by atoms with Gasteiger partial charge in [0, 0.05) is 18.7 Å². The van der Waals surface area contributed by atoms with Gasteiger partial charge < -0.3 is 20.5 Å². The number of ether oxygens (including phenoxy) is 2.